The van der Waals surface area contributed by atoms with Crippen LogP contribution in [0.4, 0.5) is 5.69 Å². The third-order valence-electron chi connectivity index (χ3n) is 3.41. The molecule has 1 aliphatic heterocycles. The molecule has 0 aromatic heterocycles. The van der Waals surface area contributed by atoms with Crippen molar-refractivity contribution in [2.24, 2.45) is 5.73 Å². The number of primary amides is 1. The molecule has 1 atom stereocenters. The summed E-state index contributed by atoms with van der Waals surface area (Å²) in [5.41, 5.74) is 5.97. The molecule has 21 heavy (non-hydrogen) atoms. The zero-order valence-corrected chi connectivity index (χ0v) is 12.0. The van der Waals surface area contributed by atoms with Crippen molar-refractivity contribution in [2.75, 3.05) is 38.6 Å². The number of hydrogen-bond donors (Lipinski definition) is 3. The first-order valence-electron chi connectivity index (χ1n) is 6.78. The molecule has 1 unspecified atom stereocenters. The van der Waals surface area contributed by atoms with Crippen molar-refractivity contribution in [3.05, 3.63) is 24.3 Å². The van der Waals surface area contributed by atoms with E-state index < -0.39 is 11.9 Å². The highest BCUT2D eigenvalue weighted by Gasteiger charge is 2.28. The van der Waals surface area contributed by atoms with Gasteiger partial charge in [0.05, 0.1) is 19.3 Å². The van der Waals surface area contributed by atoms with Crippen molar-refractivity contribution < 1.29 is 14.3 Å². The van der Waals surface area contributed by atoms with Gasteiger partial charge in [0.2, 0.25) is 11.8 Å². The molecule has 1 heterocycles. The Morgan fingerprint density at radius 2 is 2.24 bits per heavy atom. The Morgan fingerprint density at radius 3 is 2.95 bits per heavy atom. The van der Waals surface area contributed by atoms with Gasteiger partial charge >= 0.3 is 0 Å². The van der Waals surface area contributed by atoms with E-state index in [4.69, 9.17) is 10.5 Å². The molecule has 0 spiro atoms. The summed E-state index contributed by atoms with van der Waals surface area (Å²) >= 11 is 0. The summed E-state index contributed by atoms with van der Waals surface area (Å²) in [4.78, 5) is 25.3. The van der Waals surface area contributed by atoms with Crippen molar-refractivity contribution >= 4 is 17.5 Å². The predicted octanol–water partition coefficient (Wildman–Crippen LogP) is -0.607. The third kappa shape index (κ3) is 3.93. The molecular weight excluding hydrogens is 272 g/mol. The van der Waals surface area contributed by atoms with Crippen molar-refractivity contribution in [1.82, 2.24) is 10.2 Å². The van der Waals surface area contributed by atoms with Gasteiger partial charge in [-0.2, -0.15) is 0 Å². The van der Waals surface area contributed by atoms with Crippen LogP contribution in [0.2, 0.25) is 0 Å². The van der Waals surface area contributed by atoms with E-state index in [1.54, 1.807) is 24.1 Å². The number of piperazine rings is 1. The number of amides is 2. The number of nitrogens with two attached hydrogens (primary N) is 1. The zero-order valence-electron chi connectivity index (χ0n) is 12.0. The first-order chi connectivity index (χ1) is 10.1. The second kappa shape index (κ2) is 7.05. The normalized spacial score (nSPS) is 19.0. The Morgan fingerprint density at radius 1 is 1.48 bits per heavy atom. The Hall–Kier alpha value is -2.12. The smallest absolute Gasteiger partial charge is 0.238 e. The Bertz CT molecular complexity index is 521. The Labute approximate surface area is 123 Å². The second-order valence-corrected chi connectivity index (χ2v) is 4.84. The molecule has 1 fully saturated rings. The number of nitrogens with zero attached hydrogens (tertiary/aromatic N) is 1. The van der Waals surface area contributed by atoms with Gasteiger partial charge in [-0.1, -0.05) is 12.1 Å². The summed E-state index contributed by atoms with van der Waals surface area (Å²) in [5.74, 6) is -0.0300. The lowest BCUT2D eigenvalue weighted by molar-refractivity contribution is -0.125. The SMILES string of the molecule is COc1ccccc1NC(=O)CN1CCNCC1C(N)=O. The van der Waals surface area contributed by atoms with Gasteiger partial charge in [0.25, 0.3) is 0 Å². The van der Waals surface area contributed by atoms with Gasteiger partial charge < -0.3 is 21.1 Å². The summed E-state index contributed by atoms with van der Waals surface area (Å²) in [7, 11) is 1.55. The third-order valence-corrected chi connectivity index (χ3v) is 3.41. The number of hydrogen-bond acceptors (Lipinski definition) is 5. The molecule has 0 bridgehead atoms. The van der Waals surface area contributed by atoms with E-state index in [-0.39, 0.29) is 12.5 Å². The number of anilines is 1. The summed E-state index contributed by atoms with van der Waals surface area (Å²) in [6, 6.07) is 6.72. The fourth-order valence-electron chi connectivity index (χ4n) is 2.34. The van der Waals surface area contributed by atoms with Crippen LogP contribution in [0.5, 0.6) is 5.75 Å². The van der Waals surface area contributed by atoms with Crippen LogP contribution in [0.15, 0.2) is 24.3 Å². The lowest BCUT2D eigenvalue weighted by Gasteiger charge is -2.33. The molecule has 7 nitrogen and oxygen atoms in total. The molecule has 2 amide bonds. The lowest BCUT2D eigenvalue weighted by atomic mass is 10.2. The molecular formula is C14H20N4O3. The molecule has 2 rings (SSSR count). The van der Waals surface area contributed by atoms with E-state index >= 15 is 0 Å². The maximum absolute atomic E-state index is 12.1. The van der Waals surface area contributed by atoms with Gasteiger partial charge in [0.1, 0.15) is 11.8 Å². The number of para-hydroxylation sites is 2. The minimum atomic E-state index is -0.456. The van der Waals surface area contributed by atoms with Crippen LogP contribution in [0.25, 0.3) is 0 Å². The first kappa shape index (κ1) is 15.3. The van der Waals surface area contributed by atoms with Gasteiger partial charge in [-0.25, -0.2) is 0 Å². The highest BCUT2D eigenvalue weighted by atomic mass is 16.5. The molecule has 1 aromatic carbocycles. The number of benzene rings is 1. The maximum atomic E-state index is 12.1. The highest BCUT2D eigenvalue weighted by molar-refractivity contribution is 5.94. The topological polar surface area (TPSA) is 96.7 Å². The summed E-state index contributed by atoms with van der Waals surface area (Å²) in [6.45, 7) is 1.92. The van der Waals surface area contributed by atoms with Gasteiger partial charge in [-0.05, 0) is 12.1 Å². The minimum Gasteiger partial charge on any atom is -0.495 e. The van der Waals surface area contributed by atoms with E-state index in [0.29, 0.717) is 24.5 Å². The molecule has 114 valence electrons. The van der Waals surface area contributed by atoms with E-state index in [1.165, 1.54) is 0 Å². The first-order valence-corrected chi connectivity index (χ1v) is 6.78. The van der Waals surface area contributed by atoms with Crippen LogP contribution >= 0.6 is 0 Å². The van der Waals surface area contributed by atoms with Crippen LogP contribution in [-0.4, -0.2) is 56.0 Å². The molecule has 1 saturated heterocycles. The van der Waals surface area contributed by atoms with E-state index in [0.717, 1.165) is 6.54 Å². The summed E-state index contributed by atoms with van der Waals surface area (Å²) in [5, 5.41) is 5.88. The van der Waals surface area contributed by atoms with Crippen LogP contribution in [-0.2, 0) is 9.59 Å². The molecule has 1 aliphatic rings. The number of ether oxygens (including phenoxy) is 1. The fourth-order valence-corrected chi connectivity index (χ4v) is 2.34. The summed E-state index contributed by atoms with van der Waals surface area (Å²) < 4.78 is 5.18. The van der Waals surface area contributed by atoms with Gasteiger partial charge in [-0.15, -0.1) is 0 Å². The molecule has 1 aromatic rings. The molecule has 0 saturated carbocycles. The monoisotopic (exact) mass is 292 g/mol. The van der Waals surface area contributed by atoms with Crippen LogP contribution in [0, 0.1) is 0 Å². The molecule has 0 radical (unpaired) electrons. The second-order valence-electron chi connectivity index (χ2n) is 4.84. The summed E-state index contributed by atoms with van der Waals surface area (Å²) in [6.07, 6.45) is 0. The standard InChI is InChI=1S/C14H20N4O3/c1-21-12-5-3-2-4-10(12)17-13(19)9-18-7-6-16-8-11(18)14(15)20/h2-5,11,16H,6-9H2,1H3,(H2,15,20)(H,17,19). The quantitative estimate of drug-likeness (QED) is 0.673. The van der Waals surface area contributed by atoms with Crippen molar-refractivity contribution in [3.8, 4) is 5.75 Å². The van der Waals surface area contributed by atoms with Gasteiger partial charge in [0, 0.05) is 19.6 Å². The van der Waals surface area contributed by atoms with E-state index in [9.17, 15) is 9.59 Å². The number of nitrogens with one attached hydrogen (secondary N) is 2. The van der Waals surface area contributed by atoms with Crippen molar-refractivity contribution in [3.63, 3.8) is 0 Å². The average molecular weight is 292 g/mol. The average Bonchev–Trinajstić information content (AvgIpc) is 2.48. The molecule has 0 aliphatic carbocycles. The highest BCUT2D eigenvalue weighted by Crippen LogP contribution is 2.22. The predicted molar refractivity (Wildman–Crippen MR) is 79.0 cm³/mol. The number of carbonyl (C=O) groups excluding carboxylic acids is 2. The molecule has 7 heteroatoms. The van der Waals surface area contributed by atoms with Crippen molar-refractivity contribution in [1.29, 1.82) is 0 Å². The van der Waals surface area contributed by atoms with Crippen molar-refractivity contribution in [2.45, 2.75) is 6.04 Å². The fraction of sp³-hybridized carbons (Fsp3) is 0.429. The minimum absolute atomic E-state index is 0.118. The lowest BCUT2D eigenvalue weighted by Crippen LogP contribution is -2.58. The zero-order chi connectivity index (χ0) is 15.2. The van der Waals surface area contributed by atoms with Crippen LogP contribution in [0.1, 0.15) is 0 Å². The Balaban J connectivity index is 1.99. The van der Waals surface area contributed by atoms with E-state index in [2.05, 4.69) is 10.6 Å². The molecule has 4 N–H and O–H groups in total. The number of carbonyl (C=O) groups is 2. The number of rotatable bonds is 5. The van der Waals surface area contributed by atoms with Gasteiger partial charge in [-0.3, -0.25) is 14.5 Å². The van der Waals surface area contributed by atoms with Crippen LogP contribution < -0.4 is 21.1 Å². The largest absolute Gasteiger partial charge is 0.495 e. The van der Waals surface area contributed by atoms with Crippen LogP contribution in [0.3, 0.4) is 0 Å². The van der Waals surface area contributed by atoms with E-state index in [1.807, 2.05) is 12.1 Å². The maximum Gasteiger partial charge on any atom is 0.238 e. The Kier molecular flexibility index (Phi) is 5.13. The van der Waals surface area contributed by atoms with Gasteiger partial charge in [0.15, 0.2) is 0 Å². The number of methoxy groups -OCH3 is 1.